The fraction of sp³-hybridized carbons (Fsp3) is 0.476. The van der Waals surface area contributed by atoms with Crippen LogP contribution >= 0.6 is 11.8 Å². The van der Waals surface area contributed by atoms with Crippen molar-refractivity contribution in [2.45, 2.75) is 49.9 Å². The first-order valence-corrected chi connectivity index (χ1v) is 12.6. The van der Waals surface area contributed by atoms with Gasteiger partial charge in [0.25, 0.3) is 0 Å². The fourth-order valence-electron chi connectivity index (χ4n) is 3.28. The Hall–Kier alpha value is -3.92. The van der Waals surface area contributed by atoms with Crippen LogP contribution in [0.15, 0.2) is 25.0 Å². The lowest BCUT2D eigenvalue weighted by Gasteiger charge is -2.24. The van der Waals surface area contributed by atoms with Crippen molar-refractivity contribution in [1.29, 1.82) is 0 Å². The molecule has 4 amide bonds. The lowest BCUT2D eigenvalue weighted by atomic mass is 10.1. The molecule has 0 aromatic carbocycles. The van der Waals surface area contributed by atoms with Crippen molar-refractivity contribution in [2.24, 2.45) is 11.5 Å². The summed E-state index contributed by atoms with van der Waals surface area (Å²) in [6.07, 6.45) is 7.19. The number of aromatic amines is 2. The fourth-order valence-corrected chi connectivity index (χ4v) is 3.75. The zero-order valence-electron chi connectivity index (χ0n) is 20.1. The number of carbonyl (C=O) groups is 5. The molecule has 0 bridgehead atoms. The molecule has 37 heavy (non-hydrogen) atoms. The van der Waals surface area contributed by atoms with Gasteiger partial charge in [0, 0.05) is 36.6 Å². The number of hydrogen-bond acceptors (Lipinski definition) is 9. The quantitative estimate of drug-likeness (QED) is 0.111. The molecule has 4 unspecified atom stereocenters. The van der Waals surface area contributed by atoms with Gasteiger partial charge in [-0.1, -0.05) is 0 Å². The van der Waals surface area contributed by atoms with Gasteiger partial charge in [-0.15, -0.1) is 0 Å². The molecule has 202 valence electrons. The van der Waals surface area contributed by atoms with E-state index in [1.165, 1.54) is 36.8 Å². The van der Waals surface area contributed by atoms with Crippen LogP contribution in [0, 0.1) is 0 Å². The maximum Gasteiger partial charge on any atom is 0.326 e. The van der Waals surface area contributed by atoms with Crippen molar-refractivity contribution < 1.29 is 29.1 Å². The van der Waals surface area contributed by atoms with Gasteiger partial charge in [0.05, 0.1) is 25.1 Å². The Morgan fingerprint density at radius 2 is 1.46 bits per heavy atom. The number of nitrogens with one attached hydrogen (secondary N) is 5. The highest BCUT2D eigenvalue weighted by atomic mass is 32.2. The molecular weight excluding hydrogens is 506 g/mol. The minimum Gasteiger partial charge on any atom is -0.480 e. The number of imidazole rings is 2. The Kier molecular flexibility index (Phi) is 11.6. The summed E-state index contributed by atoms with van der Waals surface area (Å²) in [7, 11) is 0. The third kappa shape index (κ3) is 9.92. The predicted octanol–water partition coefficient (Wildman–Crippen LogP) is -2.59. The third-order valence-corrected chi connectivity index (χ3v) is 5.85. The van der Waals surface area contributed by atoms with E-state index >= 15 is 0 Å². The highest BCUT2D eigenvalue weighted by Crippen LogP contribution is 2.06. The minimum atomic E-state index is -1.40. The first kappa shape index (κ1) is 29.3. The first-order valence-electron chi connectivity index (χ1n) is 11.2. The second kappa shape index (κ2) is 14.6. The van der Waals surface area contributed by atoms with Gasteiger partial charge in [-0.05, 0) is 18.4 Å². The molecule has 0 spiro atoms. The van der Waals surface area contributed by atoms with Crippen LogP contribution < -0.4 is 27.4 Å². The number of amides is 4. The number of hydrogen-bond donors (Lipinski definition) is 8. The van der Waals surface area contributed by atoms with E-state index in [0.29, 0.717) is 17.1 Å². The number of primary amides is 1. The Bertz CT molecular complexity index is 1050. The summed E-state index contributed by atoms with van der Waals surface area (Å²) >= 11 is 1.41. The first-order chi connectivity index (χ1) is 17.6. The smallest absolute Gasteiger partial charge is 0.326 e. The normalized spacial score (nSPS) is 14.1. The van der Waals surface area contributed by atoms with E-state index in [9.17, 15) is 29.1 Å². The standard InChI is InChI=1S/C21H31N9O6S/c1-37-3-2-14(19(33)30-16(21(35)36)5-12-8-25-10-27-12)28-20(34)15(6-17(23)31)29-18(32)13(22)4-11-7-24-9-26-11/h7-10,13-16H,2-6,22H2,1H3,(H2,23,31)(H,24,26)(H,25,27)(H,28,34)(H,29,32)(H,30,33)(H,35,36). The van der Waals surface area contributed by atoms with Crippen LogP contribution in [0.2, 0.25) is 0 Å². The van der Waals surface area contributed by atoms with Crippen molar-refractivity contribution in [3.8, 4) is 0 Å². The molecular formula is C21H31N9O6S. The summed E-state index contributed by atoms with van der Waals surface area (Å²) < 4.78 is 0. The molecule has 0 saturated carbocycles. The Labute approximate surface area is 216 Å². The van der Waals surface area contributed by atoms with Gasteiger partial charge in [-0.3, -0.25) is 19.2 Å². The summed E-state index contributed by atoms with van der Waals surface area (Å²) in [5, 5.41) is 16.8. The SMILES string of the molecule is CSCCC(NC(=O)C(CC(N)=O)NC(=O)C(N)Cc1cnc[nH]1)C(=O)NC(Cc1cnc[nH]1)C(=O)O. The average Bonchev–Trinajstić information content (AvgIpc) is 3.54. The van der Waals surface area contributed by atoms with Gasteiger partial charge in [0.1, 0.15) is 18.1 Å². The molecule has 2 aromatic heterocycles. The maximum absolute atomic E-state index is 13.0. The molecule has 0 aliphatic carbocycles. The lowest BCUT2D eigenvalue weighted by Crippen LogP contribution is -2.58. The van der Waals surface area contributed by atoms with E-state index in [-0.39, 0.29) is 19.3 Å². The molecule has 0 saturated heterocycles. The van der Waals surface area contributed by atoms with Crippen molar-refractivity contribution in [1.82, 2.24) is 35.9 Å². The number of carboxylic acid groups (broad SMARTS) is 1. The summed E-state index contributed by atoms with van der Waals surface area (Å²) in [4.78, 5) is 75.0. The Morgan fingerprint density at radius 3 is 1.97 bits per heavy atom. The zero-order chi connectivity index (χ0) is 27.4. The Morgan fingerprint density at radius 1 is 0.919 bits per heavy atom. The number of aromatic nitrogens is 4. The average molecular weight is 538 g/mol. The molecule has 0 radical (unpaired) electrons. The van der Waals surface area contributed by atoms with E-state index in [0.717, 1.165) is 0 Å². The van der Waals surface area contributed by atoms with E-state index in [1.54, 1.807) is 6.26 Å². The summed E-state index contributed by atoms with van der Waals surface area (Å²) in [6.45, 7) is 0. The third-order valence-electron chi connectivity index (χ3n) is 5.21. The second-order valence-corrected chi connectivity index (χ2v) is 9.13. The molecule has 0 aliphatic rings. The molecule has 0 aliphatic heterocycles. The van der Waals surface area contributed by atoms with Crippen LogP contribution in [0.3, 0.4) is 0 Å². The van der Waals surface area contributed by atoms with Gasteiger partial charge < -0.3 is 42.5 Å². The highest BCUT2D eigenvalue weighted by Gasteiger charge is 2.31. The number of nitrogens with two attached hydrogens (primary N) is 2. The van der Waals surface area contributed by atoms with Gasteiger partial charge in [0.15, 0.2) is 0 Å². The van der Waals surface area contributed by atoms with Crippen molar-refractivity contribution in [2.75, 3.05) is 12.0 Å². The van der Waals surface area contributed by atoms with Crippen molar-refractivity contribution >= 4 is 41.4 Å². The Balaban J connectivity index is 2.09. The van der Waals surface area contributed by atoms with E-state index < -0.39 is 60.2 Å². The number of rotatable bonds is 16. The lowest BCUT2D eigenvalue weighted by molar-refractivity contribution is -0.142. The molecule has 10 N–H and O–H groups in total. The molecule has 4 atom stereocenters. The van der Waals surface area contributed by atoms with Crippen LogP contribution in [0.25, 0.3) is 0 Å². The number of aliphatic carboxylic acids is 1. The maximum atomic E-state index is 13.0. The minimum absolute atomic E-state index is 0.0567. The van der Waals surface area contributed by atoms with Crippen LogP contribution in [0.4, 0.5) is 0 Å². The summed E-state index contributed by atoms with van der Waals surface area (Å²) in [6, 6.07) is -4.89. The zero-order valence-corrected chi connectivity index (χ0v) is 20.9. The monoisotopic (exact) mass is 537 g/mol. The van der Waals surface area contributed by atoms with Crippen LogP contribution in [0.5, 0.6) is 0 Å². The van der Waals surface area contributed by atoms with Gasteiger partial charge in [0.2, 0.25) is 23.6 Å². The number of carbonyl (C=O) groups excluding carboxylic acids is 4. The van der Waals surface area contributed by atoms with Crippen LogP contribution in [0.1, 0.15) is 24.2 Å². The molecule has 15 nitrogen and oxygen atoms in total. The molecule has 16 heteroatoms. The van der Waals surface area contributed by atoms with E-state index in [2.05, 4.69) is 35.9 Å². The number of thioether (sulfide) groups is 1. The van der Waals surface area contributed by atoms with E-state index in [4.69, 9.17) is 11.5 Å². The van der Waals surface area contributed by atoms with E-state index in [1.807, 2.05) is 0 Å². The van der Waals surface area contributed by atoms with Gasteiger partial charge >= 0.3 is 5.97 Å². The largest absolute Gasteiger partial charge is 0.480 e. The highest BCUT2D eigenvalue weighted by molar-refractivity contribution is 7.98. The van der Waals surface area contributed by atoms with Crippen LogP contribution in [-0.4, -0.2) is 90.8 Å². The second-order valence-electron chi connectivity index (χ2n) is 8.14. The number of nitrogens with zero attached hydrogens (tertiary/aromatic N) is 2. The summed E-state index contributed by atoms with van der Waals surface area (Å²) in [5.74, 6) is -3.98. The topological polar surface area (TPSA) is 251 Å². The molecule has 2 rings (SSSR count). The predicted molar refractivity (Wildman–Crippen MR) is 133 cm³/mol. The van der Waals surface area contributed by atoms with Crippen molar-refractivity contribution in [3.63, 3.8) is 0 Å². The van der Waals surface area contributed by atoms with Gasteiger partial charge in [-0.25, -0.2) is 14.8 Å². The van der Waals surface area contributed by atoms with Crippen molar-refractivity contribution in [3.05, 3.63) is 36.4 Å². The summed E-state index contributed by atoms with van der Waals surface area (Å²) in [5.41, 5.74) is 12.2. The number of H-pyrrole nitrogens is 2. The molecule has 0 fully saturated rings. The number of carboxylic acids is 1. The van der Waals surface area contributed by atoms with Gasteiger partial charge in [-0.2, -0.15) is 11.8 Å². The van der Waals surface area contributed by atoms with Crippen LogP contribution in [-0.2, 0) is 36.8 Å². The molecule has 2 heterocycles. The molecule has 2 aromatic rings.